The molecule has 1 aromatic carbocycles. The molecule has 1 aromatic rings. The van der Waals surface area contributed by atoms with E-state index in [0.29, 0.717) is 0 Å². The molecule has 0 radical (unpaired) electrons. The van der Waals surface area contributed by atoms with Crippen LogP contribution in [0.1, 0.15) is 31.9 Å². The van der Waals surface area contributed by atoms with E-state index < -0.39 is 0 Å². The fourth-order valence-electron chi connectivity index (χ4n) is 2.30. The highest BCUT2D eigenvalue weighted by atomic mass is 19.1. The van der Waals surface area contributed by atoms with Gasteiger partial charge in [0.2, 0.25) is 0 Å². The van der Waals surface area contributed by atoms with Crippen molar-refractivity contribution >= 4 is 5.69 Å². The second kappa shape index (κ2) is 4.88. The zero-order valence-electron chi connectivity index (χ0n) is 10.4. The topological polar surface area (TPSA) is 29.3 Å². The lowest BCUT2D eigenvalue weighted by Crippen LogP contribution is -2.30. The molecule has 2 rings (SSSR count). The summed E-state index contributed by atoms with van der Waals surface area (Å²) < 4.78 is 13.3. The van der Waals surface area contributed by atoms with Crippen LogP contribution in [0.4, 0.5) is 10.1 Å². The maximum Gasteiger partial charge on any atom is 0.123 e. The molecule has 0 bridgehead atoms. The highest BCUT2D eigenvalue weighted by molar-refractivity contribution is 5.56. The quantitative estimate of drug-likeness (QED) is 0.797. The summed E-state index contributed by atoms with van der Waals surface area (Å²) in [4.78, 5) is 2.27. The first-order valence-electron chi connectivity index (χ1n) is 6.03. The smallest absolute Gasteiger partial charge is 0.123 e. The number of nitrogens with two attached hydrogens (primary N) is 1. The van der Waals surface area contributed by atoms with Gasteiger partial charge < -0.3 is 10.6 Å². The Kier molecular flexibility index (Phi) is 3.48. The molecule has 1 atom stereocenters. The molecular formula is C14H19FN2. The molecule has 1 aliphatic heterocycles. The van der Waals surface area contributed by atoms with Crippen molar-refractivity contribution in [3.63, 3.8) is 0 Å². The summed E-state index contributed by atoms with van der Waals surface area (Å²) in [5.74, 6) is -0.217. The summed E-state index contributed by atoms with van der Waals surface area (Å²) in [6.45, 7) is 5.90. The minimum atomic E-state index is -0.217. The molecule has 0 saturated carbocycles. The van der Waals surface area contributed by atoms with E-state index in [0.717, 1.165) is 30.8 Å². The number of hydrogen-bond acceptors (Lipinski definition) is 2. The maximum absolute atomic E-state index is 13.3. The van der Waals surface area contributed by atoms with Crippen molar-refractivity contribution in [1.82, 2.24) is 0 Å². The summed E-state index contributed by atoms with van der Waals surface area (Å²) in [7, 11) is 0. The molecule has 0 aliphatic carbocycles. The average Bonchev–Trinajstić information content (AvgIpc) is 2.28. The van der Waals surface area contributed by atoms with E-state index in [1.54, 1.807) is 6.07 Å². The number of nitrogens with zero attached hydrogens (tertiary/aromatic N) is 1. The molecule has 1 aliphatic rings. The fourth-order valence-corrected chi connectivity index (χ4v) is 2.30. The Morgan fingerprint density at radius 3 is 2.82 bits per heavy atom. The first kappa shape index (κ1) is 12.1. The first-order valence-corrected chi connectivity index (χ1v) is 6.03. The summed E-state index contributed by atoms with van der Waals surface area (Å²) in [5.41, 5.74) is 9.23. The molecule has 2 nitrogen and oxygen atoms in total. The van der Waals surface area contributed by atoms with E-state index in [4.69, 9.17) is 5.73 Å². The predicted octanol–water partition coefficient (Wildman–Crippen LogP) is 3.00. The van der Waals surface area contributed by atoms with Gasteiger partial charge in [0.1, 0.15) is 5.82 Å². The van der Waals surface area contributed by atoms with Gasteiger partial charge in [-0.15, -0.1) is 0 Å². The monoisotopic (exact) mass is 234 g/mol. The molecule has 0 aromatic heterocycles. The number of benzene rings is 1. The first-order chi connectivity index (χ1) is 8.08. The number of rotatable bonds is 2. The van der Waals surface area contributed by atoms with Gasteiger partial charge in [0.05, 0.1) is 0 Å². The number of hydrogen-bond donors (Lipinski definition) is 1. The Morgan fingerprint density at radius 2 is 2.18 bits per heavy atom. The third-order valence-electron chi connectivity index (χ3n) is 3.15. The molecule has 1 heterocycles. The van der Waals surface area contributed by atoms with E-state index in [1.807, 2.05) is 13.0 Å². The molecule has 0 amide bonds. The lowest BCUT2D eigenvalue weighted by Gasteiger charge is -2.31. The van der Waals surface area contributed by atoms with Crippen molar-refractivity contribution in [3.8, 4) is 0 Å². The zero-order valence-corrected chi connectivity index (χ0v) is 10.4. The second-order valence-corrected chi connectivity index (χ2v) is 4.75. The number of anilines is 1. The zero-order chi connectivity index (χ0) is 12.4. The predicted molar refractivity (Wildman–Crippen MR) is 69.6 cm³/mol. The Hall–Kier alpha value is -1.35. The van der Waals surface area contributed by atoms with Crippen molar-refractivity contribution in [3.05, 3.63) is 41.2 Å². The minimum Gasteiger partial charge on any atom is -0.367 e. The lowest BCUT2D eigenvalue weighted by atomic mass is 10.0. The molecule has 3 heteroatoms. The van der Waals surface area contributed by atoms with Crippen LogP contribution in [0.3, 0.4) is 0 Å². The Morgan fingerprint density at radius 1 is 1.41 bits per heavy atom. The van der Waals surface area contributed by atoms with Crippen molar-refractivity contribution in [1.29, 1.82) is 0 Å². The van der Waals surface area contributed by atoms with Gasteiger partial charge in [-0.2, -0.15) is 0 Å². The normalized spacial score (nSPS) is 17.9. The van der Waals surface area contributed by atoms with Gasteiger partial charge in [-0.1, -0.05) is 11.6 Å². The van der Waals surface area contributed by atoms with E-state index in [-0.39, 0.29) is 11.9 Å². The van der Waals surface area contributed by atoms with Crippen LogP contribution in [-0.4, -0.2) is 13.1 Å². The van der Waals surface area contributed by atoms with Crippen molar-refractivity contribution < 1.29 is 4.39 Å². The Balaban J connectivity index is 2.34. The second-order valence-electron chi connectivity index (χ2n) is 4.75. The lowest BCUT2D eigenvalue weighted by molar-refractivity contribution is 0.621. The van der Waals surface area contributed by atoms with Gasteiger partial charge in [-0.3, -0.25) is 0 Å². The third kappa shape index (κ3) is 2.67. The van der Waals surface area contributed by atoms with Gasteiger partial charge in [0.25, 0.3) is 0 Å². The van der Waals surface area contributed by atoms with Crippen LogP contribution in [0.15, 0.2) is 29.8 Å². The van der Waals surface area contributed by atoms with Crippen LogP contribution in [0.25, 0.3) is 0 Å². The van der Waals surface area contributed by atoms with Gasteiger partial charge >= 0.3 is 0 Å². The summed E-state index contributed by atoms with van der Waals surface area (Å²) in [6.07, 6.45) is 3.30. The molecule has 17 heavy (non-hydrogen) atoms. The van der Waals surface area contributed by atoms with Crippen molar-refractivity contribution in [2.45, 2.75) is 26.3 Å². The van der Waals surface area contributed by atoms with Crippen LogP contribution in [0, 0.1) is 5.82 Å². The largest absolute Gasteiger partial charge is 0.367 e. The summed E-state index contributed by atoms with van der Waals surface area (Å²) in [6, 6.07) is 4.75. The Bertz CT molecular complexity index is 438. The molecule has 92 valence electrons. The highest BCUT2D eigenvalue weighted by Gasteiger charge is 2.16. The maximum atomic E-state index is 13.3. The average molecular weight is 234 g/mol. The van der Waals surface area contributed by atoms with Crippen LogP contribution in [0.2, 0.25) is 0 Å². The van der Waals surface area contributed by atoms with Gasteiger partial charge in [-0.25, -0.2) is 4.39 Å². The van der Waals surface area contributed by atoms with Crippen LogP contribution in [0.5, 0.6) is 0 Å². The highest BCUT2D eigenvalue weighted by Crippen LogP contribution is 2.28. The molecule has 0 fully saturated rings. The van der Waals surface area contributed by atoms with Crippen LogP contribution in [-0.2, 0) is 0 Å². The Labute approximate surface area is 102 Å². The minimum absolute atomic E-state index is 0.146. The van der Waals surface area contributed by atoms with E-state index in [2.05, 4.69) is 17.9 Å². The van der Waals surface area contributed by atoms with Crippen LogP contribution < -0.4 is 10.6 Å². The third-order valence-corrected chi connectivity index (χ3v) is 3.15. The fraction of sp³-hybridized carbons (Fsp3) is 0.429. The molecule has 1 unspecified atom stereocenters. The van der Waals surface area contributed by atoms with Gasteiger partial charge in [-0.05, 0) is 44.0 Å². The van der Waals surface area contributed by atoms with Gasteiger partial charge in [0, 0.05) is 24.8 Å². The van der Waals surface area contributed by atoms with E-state index >= 15 is 0 Å². The van der Waals surface area contributed by atoms with Crippen molar-refractivity contribution in [2.75, 3.05) is 18.0 Å². The summed E-state index contributed by atoms with van der Waals surface area (Å²) in [5, 5.41) is 0. The standard InChI is InChI=1S/C14H19FN2/c1-10-4-3-7-17(9-10)14-6-5-12(15)8-13(14)11(2)16/h4-6,8,11H,3,7,9,16H2,1-2H3. The number of halogens is 1. The van der Waals surface area contributed by atoms with E-state index in [9.17, 15) is 4.39 Å². The molecule has 2 N–H and O–H groups in total. The molecule has 0 spiro atoms. The molecular weight excluding hydrogens is 215 g/mol. The van der Waals surface area contributed by atoms with Crippen LogP contribution >= 0.6 is 0 Å². The summed E-state index contributed by atoms with van der Waals surface area (Å²) >= 11 is 0. The molecule has 0 saturated heterocycles. The van der Waals surface area contributed by atoms with E-state index in [1.165, 1.54) is 11.6 Å². The van der Waals surface area contributed by atoms with Gasteiger partial charge in [0.15, 0.2) is 0 Å². The van der Waals surface area contributed by atoms with Crippen molar-refractivity contribution in [2.24, 2.45) is 5.73 Å². The SMILES string of the molecule is CC1=CCCN(c2ccc(F)cc2C(C)N)C1.